The van der Waals surface area contributed by atoms with E-state index in [1.807, 2.05) is 0 Å². The molecule has 0 aliphatic carbocycles. The number of carbonyl (C=O) groups excluding carboxylic acids is 1. The Kier molecular flexibility index (Phi) is 7.19. The molecule has 1 aromatic rings. The molecule has 0 aliphatic heterocycles. The lowest BCUT2D eigenvalue weighted by molar-refractivity contribution is -0.155. The fraction of sp³-hybridized carbons (Fsp3) is 0.400. The molecule has 23 heavy (non-hydrogen) atoms. The first-order chi connectivity index (χ1) is 10.9. The Bertz CT molecular complexity index is 677. The number of hydroxylamine groups is 2. The molecular formula is C15H20N2O5S. The van der Waals surface area contributed by atoms with E-state index < -0.39 is 27.9 Å². The minimum atomic E-state index is -4.11. The van der Waals surface area contributed by atoms with Gasteiger partial charge in [0.1, 0.15) is 12.6 Å². The van der Waals surface area contributed by atoms with Crippen molar-refractivity contribution in [3.05, 3.63) is 30.3 Å². The van der Waals surface area contributed by atoms with Crippen molar-refractivity contribution in [3.8, 4) is 11.8 Å². The van der Waals surface area contributed by atoms with Crippen LogP contribution < -0.4 is 5.48 Å². The Labute approximate surface area is 136 Å². The number of nitrogens with one attached hydrogen (secondary N) is 1. The average Bonchev–Trinajstić information content (AvgIpc) is 2.54. The van der Waals surface area contributed by atoms with E-state index in [0.717, 1.165) is 0 Å². The van der Waals surface area contributed by atoms with Gasteiger partial charge < -0.3 is 0 Å². The van der Waals surface area contributed by atoms with Gasteiger partial charge in [-0.05, 0) is 25.0 Å². The van der Waals surface area contributed by atoms with Gasteiger partial charge in [0.05, 0.1) is 4.90 Å². The molecule has 0 aromatic heterocycles. The van der Waals surface area contributed by atoms with Crippen molar-refractivity contribution in [2.45, 2.75) is 31.7 Å². The van der Waals surface area contributed by atoms with Gasteiger partial charge in [-0.25, -0.2) is 13.9 Å². The second-order valence-corrected chi connectivity index (χ2v) is 6.72. The van der Waals surface area contributed by atoms with Crippen LogP contribution in [0.4, 0.5) is 0 Å². The SMILES string of the molecule is CC#CCON(C(C(=O)NO)C(C)C)S(=O)(=O)c1ccccc1. The lowest BCUT2D eigenvalue weighted by atomic mass is 10.1. The molecule has 0 saturated heterocycles. The van der Waals surface area contributed by atoms with Gasteiger partial charge in [-0.3, -0.25) is 14.8 Å². The highest BCUT2D eigenvalue weighted by atomic mass is 32.2. The van der Waals surface area contributed by atoms with E-state index in [4.69, 9.17) is 10.0 Å². The summed E-state index contributed by atoms with van der Waals surface area (Å²) in [6, 6.07) is 6.34. The van der Waals surface area contributed by atoms with E-state index in [1.54, 1.807) is 39.0 Å². The van der Waals surface area contributed by atoms with E-state index >= 15 is 0 Å². The van der Waals surface area contributed by atoms with E-state index in [1.165, 1.54) is 17.6 Å². The summed E-state index contributed by atoms with van der Waals surface area (Å²) in [5.74, 6) is 3.83. The van der Waals surface area contributed by atoms with Crippen LogP contribution >= 0.6 is 0 Å². The maximum absolute atomic E-state index is 12.8. The van der Waals surface area contributed by atoms with E-state index in [0.29, 0.717) is 4.47 Å². The molecule has 0 aliphatic rings. The second kappa shape index (κ2) is 8.64. The number of amides is 1. The van der Waals surface area contributed by atoms with Gasteiger partial charge >= 0.3 is 0 Å². The zero-order valence-corrected chi connectivity index (χ0v) is 14.0. The van der Waals surface area contributed by atoms with Gasteiger partial charge in [0, 0.05) is 0 Å². The lowest BCUT2D eigenvalue weighted by Crippen LogP contribution is -2.51. The number of rotatable bonds is 7. The van der Waals surface area contributed by atoms with E-state index in [-0.39, 0.29) is 11.5 Å². The molecule has 126 valence electrons. The quantitative estimate of drug-likeness (QED) is 0.441. The van der Waals surface area contributed by atoms with Crippen LogP contribution in [-0.2, 0) is 19.7 Å². The number of hydrogen-bond acceptors (Lipinski definition) is 5. The summed E-state index contributed by atoms with van der Waals surface area (Å²) in [6.07, 6.45) is 0. The predicted octanol–water partition coefficient (Wildman–Crippen LogP) is 1.16. The fourth-order valence-electron chi connectivity index (χ4n) is 1.87. The molecular weight excluding hydrogens is 320 g/mol. The highest BCUT2D eigenvalue weighted by Gasteiger charge is 2.39. The summed E-state index contributed by atoms with van der Waals surface area (Å²) < 4.78 is 26.2. The molecule has 1 aromatic carbocycles. The zero-order valence-electron chi connectivity index (χ0n) is 13.2. The van der Waals surface area contributed by atoms with Crippen LogP contribution in [0, 0.1) is 17.8 Å². The van der Waals surface area contributed by atoms with Gasteiger partial charge in [-0.1, -0.05) is 42.4 Å². The number of nitrogens with zero attached hydrogens (tertiary/aromatic N) is 1. The Morgan fingerprint density at radius 3 is 2.43 bits per heavy atom. The summed E-state index contributed by atoms with van der Waals surface area (Å²) in [7, 11) is -4.11. The first kappa shape index (κ1) is 19.1. The molecule has 0 fully saturated rings. The average molecular weight is 340 g/mol. The van der Waals surface area contributed by atoms with Crippen LogP contribution in [0.5, 0.6) is 0 Å². The summed E-state index contributed by atoms with van der Waals surface area (Å²) in [5, 5.41) is 8.91. The van der Waals surface area contributed by atoms with Crippen molar-refractivity contribution in [2.75, 3.05) is 6.61 Å². The molecule has 1 atom stereocenters. The van der Waals surface area contributed by atoms with Gasteiger partial charge in [0.2, 0.25) is 0 Å². The van der Waals surface area contributed by atoms with Crippen LogP contribution in [0.2, 0.25) is 0 Å². The lowest BCUT2D eigenvalue weighted by Gasteiger charge is -2.30. The van der Waals surface area contributed by atoms with Gasteiger partial charge in [0.15, 0.2) is 0 Å². The maximum Gasteiger partial charge on any atom is 0.265 e. The predicted molar refractivity (Wildman–Crippen MR) is 83.4 cm³/mol. The van der Waals surface area contributed by atoms with Crippen LogP contribution in [-0.4, -0.2) is 36.6 Å². The minimum Gasteiger partial charge on any atom is -0.289 e. The first-order valence-corrected chi connectivity index (χ1v) is 8.36. The Hall–Kier alpha value is -1.92. The molecule has 1 amide bonds. The van der Waals surface area contributed by atoms with E-state index in [9.17, 15) is 13.2 Å². The molecule has 2 N–H and O–H groups in total. The van der Waals surface area contributed by atoms with Gasteiger partial charge in [-0.2, -0.15) is 0 Å². The fourth-order valence-corrected chi connectivity index (χ4v) is 3.41. The third-order valence-corrected chi connectivity index (χ3v) is 4.63. The van der Waals surface area contributed by atoms with Crippen molar-refractivity contribution in [3.63, 3.8) is 0 Å². The summed E-state index contributed by atoms with van der Waals surface area (Å²) in [5.41, 5.74) is 1.48. The zero-order chi connectivity index (χ0) is 17.5. The molecule has 1 unspecified atom stereocenters. The molecule has 7 nitrogen and oxygen atoms in total. The molecule has 0 bridgehead atoms. The highest BCUT2D eigenvalue weighted by Crippen LogP contribution is 2.22. The first-order valence-electron chi connectivity index (χ1n) is 6.92. The van der Waals surface area contributed by atoms with Crippen molar-refractivity contribution in [1.29, 1.82) is 0 Å². The Morgan fingerprint density at radius 1 is 1.35 bits per heavy atom. The smallest absolute Gasteiger partial charge is 0.265 e. The van der Waals surface area contributed by atoms with E-state index in [2.05, 4.69) is 11.8 Å². The van der Waals surface area contributed by atoms with Crippen LogP contribution in [0.3, 0.4) is 0 Å². The monoisotopic (exact) mass is 340 g/mol. The summed E-state index contributed by atoms with van der Waals surface area (Å²) in [6.45, 7) is 4.66. The van der Waals surface area contributed by atoms with Crippen molar-refractivity contribution < 1.29 is 23.3 Å². The van der Waals surface area contributed by atoms with Gasteiger partial charge in [-0.15, -0.1) is 5.92 Å². The third kappa shape index (κ3) is 4.77. The minimum absolute atomic E-state index is 0.0270. The van der Waals surface area contributed by atoms with Crippen molar-refractivity contribution in [2.24, 2.45) is 5.92 Å². The van der Waals surface area contributed by atoms with Gasteiger partial charge in [0.25, 0.3) is 15.9 Å². The maximum atomic E-state index is 12.8. The Morgan fingerprint density at radius 2 is 1.96 bits per heavy atom. The normalized spacial score (nSPS) is 12.6. The molecule has 0 spiro atoms. The third-order valence-electron chi connectivity index (χ3n) is 2.96. The standard InChI is InChI=1S/C15H20N2O5S/c1-4-5-11-22-17(14(12(2)3)15(18)16-19)23(20,21)13-9-7-6-8-10-13/h6-10,12,14,19H,11H2,1-3H3,(H,16,18). The van der Waals surface area contributed by atoms with Crippen molar-refractivity contribution >= 4 is 15.9 Å². The summed E-state index contributed by atoms with van der Waals surface area (Å²) >= 11 is 0. The molecule has 8 heteroatoms. The van der Waals surface area contributed by atoms with Crippen LogP contribution in [0.15, 0.2) is 35.2 Å². The number of benzene rings is 1. The molecule has 0 saturated carbocycles. The second-order valence-electron chi connectivity index (χ2n) is 4.94. The number of sulfonamides is 1. The summed E-state index contributed by atoms with van der Waals surface area (Å²) in [4.78, 5) is 17.1. The number of hydrogen-bond donors (Lipinski definition) is 2. The van der Waals surface area contributed by atoms with Crippen LogP contribution in [0.25, 0.3) is 0 Å². The molecule has 0 heterocycles. The Balaban J connectivity index is 3.32. The van der Waals surface area contributed by atoms with Crippen LogP contribution in [0.1, 0.15) is 20.8 Å². The number of carbonyl (C=O) groups is 1. The molecule has 1 rings (SSSR count). The van der Waals surface area contributed by atoms with Crippen molar-refractivity contribution in [1.82, 2.24) is 9.95 Å². The largest absolute Gasteiger partial charge is 0.289 e. The molecule has 0 radical (unpaired) electrons. The topological polar surface area (TPSA) is 95.9 Å². The highest BCUT2D eigenvalue weighted by molar-refractivity contribution is 7.89.